The Kier molecular flexibility index (Phi) is 6.73. The van der Waals surface area contributed by atoms with Crippen LogP contribution in [0.3, 0.4) is 0 Å². The lowest BCUT2D eigenvalue weighted by Gasteiger charge is -2.38. The van der Waals surface area contributed by atoms with E-state index in [2.05, 4.69) is 10.2 Å². The van der Waals surface area contributed by atoms with Crippen LogP contribution < -0.4 is 0 Å². The van der Waals surface area contributed by atoms with Crippen molar-refractivity contribution in [1.82, 2.24) is 19.1 Å². The SMILES string of the molecule is CCCN(Cc1ccc(C2(Cn3cnnc3)CCOCC2)cc1F)S(C)=O. The fourth-order valence-corrected chi connectivity index (χ4v) is 4.46. The quantitative estimate of drug-likeness (QED) is 0.691. The number of hydrogen-bond acceptors (Lipinski definition) is 4. The molecule has 0 amide bonds. The Hall–Kier alpha value is -1.64. The first kappa shape index (κ1) is 20.1. The van der Waals surface area contributed by atoms with Crippen molar-refractivity contribution >= 4 is 11.0 Å². The molecule has 0 bridgehead atoms. The maximum atomic E-state index is 14.9. The van der Waals surface area contributed by atoms with Crippen LogP contribution in [0.4, 0.5) is 4.39 Å². The maximum absolute atomic E-state index is 14.9. The number of halogens is 1. The first-order valence-electron chi connectivity index (χ1n) is 9.31. The maximum Gasteiger partial charge on any atom is 0.128 e. The standard InChI is InChI=1S/C19H27FN4O2S/c1-3-8-24(27(2)25)12-16-4-5-17(11-18(16)20)19(6-9-26-10-7-19)13-23-14-21-22-15-23/h4-5,11,14-15H,3,6-10,12-13H2,1-2H3. The molecule has 1 aromatic carbocycles. The molecule has 1 aliphatic rings. The van der Waals surface area contributed by atoms with E-state index in [4.69, 9.17) is 4.74 Å². The molecule has 0 spiro atoms. The van der Waals surface area contributed by atoms with Gasteiger partial charge in [-0.15, -0.1) is 10.2 Å². The molecule has 1 aromatic heterocycles. The molecule has 1 saturated heterocycles. The van der Waals surface area contributed by atoms with Gasteiger partial charge in [0.1, 0.15) is 18.5 Å². The van der Waals surface area contributed by atoms with Crippen molar-refractivity contribution in [1.29, 1.82) is 0 Å². The van der Waals surface area contributed by atoms with Crippen molar-refractivity contribution in [3.63, 3.8) is 0 Å². The minimum absolute atomic E-state index is 0.198. The van der Waals surface area contributed by atoms with E-state index >= 15 is 0 Å². The summed E-state index contributed by atoms with van der Waals surface area (Å²) in [5.74, 6) is -0.242. The summed E-state index contributed by atoms with van der Waals surface area (Å²) in [6, 6.07) is 5.49. The molecule has 1 atom stereocenters. The summed E-state index contributed by atoms with van der Waals surface area (Å²) >= 11 is 0. The van der Waals surface area contributed by atoms with Gasteiger partial charge in [0.2, 0.25) is 0 Å². The van der Waals surface area contributed by atoms with Gasteiger partial charge in [0.15, 0.2) is 0 Å². The fraction of sp³-hybridized carbons (Fsp3) is 0.579. The van der Waals surface area contributed by atoms with E-state index < -0.39 is 11.0 Å². The second kappa shape index (κ2) is 9.03. The summed E-state index contributed by atoms with van der Waals surface area (Å²) < 4.78 is 36.1. The van der Waals surface area contributed by atoms with E-state index in [1.165, 1.54) is 0 Å². The summed E-state index contributed by atoms with van der Waals surface area (Å²) in [6.45, 7) is 5.07. The van der Waals surface area contributed by atoms with Crippen molar-refractivity contribution < 1.29 is 13.3 Å². The molecule has 1 aliphatic heterocycles. The van der Waals surface area contributed by atoms with Crippen LogP contribution in [0.5, 0.6) is 0 Å². The summed E-state index contributed by atoms with van der Waals surface area (Å²) in [4.78, 5) is 0. The number of rotatable bonds is 8. The predicted octanol–water partition coefficient (Wildman–Crippen LogP) is 2.67. The van der Waals surface area contributed by atoms with Crippen LogP contribution in [0.15, 0.2) is 30.9 Å². The Morgan fingerprint density at radius 3 is 2.59 bits per heavy atom. The molecule has 0 saturated carbocycles. The fourth-order valence-electron chi connectivity index (χ4n) is 3.70. The molecule has 1 unspecified atom stereocenters. The van der Waals surface area contributed by atoms with E-state index in [0.29, 0.717) is 38.4 Å². The third kappa shape index (κ3) is 4.80. The molecule has 27 heavy (non-hydrogen) atoms. The number of nitrogens with zero attached hydrogens (tertiary/aromatic N) is 4. The van der Waals surface area contributed by atoms with Crippen LogP contribution in [-0.2, 0) is 34.2 Å². The van der Waals surface area contributed by atoms with E-state index in [0.717, 1.165) is 24.8 Å². The summed E-state index contributed by atoms with van der Waals surface area (Å²) in [5, 5.41) is 7.77. The predicted molar refractivity (Wildman–Crippen MR) is 103 cm³/mol. The molecule has 1 fully saturated rings. The van der Waals surface area contributed by atoms with Crippen LogP contribution in [0, 0.1) is 5.82 Å². The van der Waals surface area contributed by atoms with Crippen molar-refractivity contribution in [2.24, 2.45) is 0 Å². The molecule has 148 valence electrons. The van der Waals surface area contributed by atoms with Crippen LogP contribution in [0.2, 0.25) is 0 Å². The highest BCUT2D eigenvalue weighted by molar-refractivity contribution is 7.81. The topological polar surface area (TPSA) is 60.3 Å². The van der Waals surface area contributed by atoms with E-state index in [9.17, 15) is 8.60 Å². The summed E-state index contributed by atoms with van der Waals surface area (Å²) in [7, 11) is -1.12. The van der Waals surface area contributed by atoms with Gasteiger partial charge in [-0.05, 0) is 30.9 Å². The van der Waals surface area contributed by atoms with Gasteiger partial charge in [-0.25, -0.2) is 12.9 Å². The van der Waals surface area contributed by atoms with Crippen LogP contribution >= 0.6 is 0 Å². The third-order valence-corrected chi connectivity index (χ3v) is 6.29. The van der Waals surface area contributed by atoms with Crippen molar-refractivity contribution in [3.8, 4) is 0 Å². The monoisotopic (exact) mass is 394 g/mol. The Morgan fingerprint density at radius 2 is 2.00 bits per heavy atom. The first-order valence-corrected chi connectivity index (χ1v) is 10.8. The van der Waals surface area contributed by atoms with Crippen LogP contribution in [-0.4, -0.2) is 49.3 Å². The Bertz CT molecular complexity index is 763. The summed E-state index contributed by atoms with van der Waals surface area (Å²) in [6.07, 6.45) is 7.55. The molecule has 0 aliphatic carbocycles. The zero-order valence-electron chi connectivity index (χ0n) is 15.9. The molecular weight excluding hydrogens is 367 g/mol. The lowest BCUT2D eigenvalue weighted by molar-refractivity contribution is 0.0433. The average molecular weight is 395 g/mol. The Labute approximate surface area is 162 Å². The second-order valence-electron chi connectivity index (χ2n) is 7.12. The molecule has 2 aromatic rings. The highest BCUT2D eigenvalue weighted by atomic mass is 32.2. The van der Waals surface area contributed by atoms with Gasteiger partial charge in [0.05, 0.1) is 11.0 Å². The van der Waals surface area contributed by atoms with Gasteiger partial charge in [-0.3, -0.25) is 0 Å². The smallest absolute Gasteiger partial charge is 0.128 e. The Balaban J connectivity index is 1.86. The molecule has 0 N–H and O–H groups in total. The lowest BCUT2D eigenvalue weighted by Crippen LogP contribution is -2.38. The highest BCUT2D eigenvalue weighted by Gasteiger charge is 2.35. The van der Waals surface area contributed by atoms with E-state index in [-0.39, 0.29) is 11.2 Å². The largest absolute Gasteiger partial charge is 0.381 e. The normalized spacial score (nSPS) is 17.9. The Morgan fingerprint density at radius 1 is 1.30 bits per heavy atom. The second-order valence-corrected chi connectivity index (χ2v) is 8.48. The van der Waals surface area contributed by atoms with E-state index in [1.54, 1.807) is 29.3 Å². The molecule has 6 nitrogen and oxygen atoms in total. The molecule has 3 rings (SSSR count). The van der Waals surface area contributed by atoms with Crippen LogP contribution in [0.25, 0.3) is 0 Å². The number of benzene rings is 1. The van der Waals surface area contributed by atoms with Crippen LogP contribution in [0.1, 0.15) is 37.3 Å². The third-order valence-electron chi connectivity index (χ3n) is 5.25. The molecule has 0 radical (unpaired) electrons. The van der Waals surface area contributed by atoms with Gasteiger partial charge >= 0.3 is 0 Å². The van der Waals surface area contributed by atoms with Crippen molar-refractivity contribution in [3.05, 3.63) is 47.8 Å². The highest BCUT2D eigenvalue weighted by Crippen LogP contribution is 2.37. The zero-order valence-corrected chi connectivity index (χ0v) is 16.8. The first-order chi connectivity index (χ1) is 13.0. The van der Waals surface area contributed by atoms with E-state index in [1.807, 2.05) is 23.6 Å². The summed E-state index contributed by atoms with van der Waals surface area (Å²) in [5.41, 5.74) is 1.35. The van der Waals surface area contributed by atoms with Crippen molar-refractivity contribution in [2.45, 2.75) is 44.7 Å². The van der Waals surface area contributed by atoms with Gasteiger partial charge < -0.3 is 9.30 Å². The molecule has 8 heteroatoms. The van der Waals surface area contributed by atoms with Gasteiger partial charge in [0, 0.05) is 50.1 Å². The zero-order chi connectivity index (χ0) is 19.3. The molecule has 2 heterocycles. The molecular formula is C19H27FN4O2S. The number of ether oxygens (including phenoxy) is 1. The average Bonchev–Trinajstić information content (AvgIpc) is 3.16. The van der Waals surface area contributed by atoms with Gasteiger partial charge in [-0.1, -0.05) is 19.1 Å². The lowest BCUT2D eigenvalue weighted by atomic mass is 9.73. The minimum Gasteiger partial charge on any atom is -0.381 e. The minimum atomic E-state index is -1.12. The van der Waals surface area contributed by atoms with Crippen molar-refractivity contribution in [2.75, 3.05) is 26.0 Å². The van der Waals surface area contributed by atoms with Gasteiger partial charge in [0.25, 0.3) is 0 Å². The number of aromatic nitrogens is 3. The number of hydrogen-bond donors (Lipinski definition) is 0. The van der Waals surface area contributed by atoms with Gasteiger partial charge in [-0.2, -0.15) is 0 Å².